The number of amides is 2. The highest BCUT2D eigenvalue weighted by molar-refractivity contribution is 8.01. The number of nitrogens with one attached hydrogen (secondary N) is 1. The molecule has 2 aromatic heterocycles. The van der Waals surface area contributed by atoms with Crippen LogP contribution in [-0.2, 0) is 16.0 Å². The summed E-state index contributed by atoms with van der Waals surface area (Å²) in [6.07, 6.45) is 0.375. The van der Waals surface area contributed by atoms with E-state index in [1.165, 1.54) is 23.1 Å². The maximum atomic E-state index is 12.6. The number of piperazine rings is 1. The smallest absolute Gasteiger partial charge is 0.236 e. The molecular weight excluding hydrogens is 464 g/mol. The van der Waals surface area contributed by atoms with Gasteiger partial charge in [0.2, 0.25) is 16.9 Å². The Labute approximate surface area is 199 Å². The summed E-state index contributed by atoms with van der Waals surface area (Å²) in [6, 6.07) is 9.23. The molecule has 174 valence electrons. The Morgan fingerprint density at radius 3 is 2.61 bits per heavy atom. The largest absolute Gasteiger partial charge is 0.497 e. The van der Waals surface area contributed by atoms with Crippen LogP contribution in [0.15, 0.2) is 39.2 Å². The highest BCUT2D eigenvalue weighted by Gasteiger charge is 2.23. The van der Waals surface area contributed by atoms with Gasteiger partial charge in [0.1, 0.15) is 11.5 Å². The summed E-state index contributed by atoms with van der Waals surface area (Å²) in [5.41, 5.74) is 0.969. The van der Waals surface area contributed by atoms with Crippen LogP contribution in [0.4, 0.5) is 10.9 Å². The second kappa shape index (κ2) is 10.7. The Morgan fingerprint density at radius 2 is 1.94 bits per heavy atom. The maximum Gasteiger partial charge on any atom is 0.236 e. The molecule has 2 amide bonds. The quantitative estimate of drug-likeness (QED) is 0.478. The third kappa shape index (κ3) is 6.23. The first kappa shape index (κ1) is 23.1. The van der Waals surface area contributed by atoms with Crippen molar-refractivity contribution in [1.29, 1.82) is 0 Å². The van der Waals surface area contributed by atoms with Gasteiger partial charge in [-0.3, -0.25) is 9.59 Å². The fraction of sp³-hybridized carbons (Fsp3) is 0.381. The fourth-order valence-corrected chi connectivity index (χ4v) is 4.99. The van der Waals surface area contributed by atoms with Crippen LogP contribution in [0, 0.1) is 6.92 Å². The van der Waals surface area contributed by atoms with Crippen molar-refractivity contribution in [2.45, 2.75) is 17.7 Å². The highest BCUT2D eigenvalue weighted by atomic mass is 32.2. The molecular formula is C21H24N6O4S2. The fourth-order valence-electron chi connectivity index (χ4n) is 3.30. The van der Waals surface area contributed by atoms with Crippen molar-refractivity contribution < 1.29 is 18.8 Å². The van der Waals surface area contributed by atoms with E-state index in [0.29, 0.717) is 44.2 Å². The molecule has 1 saturated heterocycles. The normalized spacial score (nSPS) is 13.8. The van der Waals surface area contributed by atoms with Gasteiger partial charge in [-0.1, -0.05) is 40.4 Å². The van der Waals surface area contributed by atoms with Crippen LogP contribution in [0.2, 0.25) is 0 Å². The Hall–Kier alpha value is -3.12. The molecule has 1 fully saturated rings. The third-order valence-corrected chi connectivity index (χ3v) is 7.15. The molecule has 0 unspecified atom stereocenters. The van der Waals surface area contributed by atoms with Crippen LogP contribution in [0.3, 0.4) is 0 Å². The number of methoxy groups -OCH3 is 1. The summed E-state index contributed by atoms with van der Waals surface area (Å²) < 4.78 is 10.8. The number of hydrogen-bond donors (Lipinski definition) is 1. The SMILES string of the molecule is COc1ccc(CC(=O)N2CCN(c3nnc(SCC(=O)Nc4cc(C)on4)s3)CC2)cc1. The first-order valence-corrected chi connectivity index (χ1v) is 12.2. The molecule has 0 atom stereocenters. The number of hydrogen-bond acceptors (Lipinski definition) is 10. The number of aryl methyl sites for hydroxylation is 1. The average molecular weight is 489 g/mol. The van der Waals surface area contributed by atoms with Gasteiger partial charge in [-0.05, 0) is 24.6 Å². The van der Waals surface area contributed by atoms with Crippen LogP contribution < -0.4 is 15.0 Å². The van der Waals surface area contributed by atoms with E-state index in [4.69, 9.17) is 9.26 Å². The van der Waals surface area contributed by atoms with Crippen molar-refractivity contribution in [3.05, 3.63) is 41.7 Å². The third-order valence-electron chi connectivity index (χ3n) is 5.04. The number of rotatable bonds is 8. The molecule has 0 spiro atoms. The molecule has 0 bridgehead atoms. The van der Waals surface area contributed by atoms with Crippen molar-refractivity contribution in [2.75, 3.05) is 49.3 Å². The van der Waals surface area contributed by atoms with Crippen LogP contribution in [0.5, 0.6) is 5.75 Å². The zero-order chi connectivity index (χ0) is 23.2. The summed E-state index contributed by atoms with van der Waals surface area (Å²) in [5.74, 6) is 1.94. The predicted molar refractivity (Wildman–Crippen MR) is 126 cm³/mol. The summed E-state index contributed by atoms with van der Waals surface area (Å²) in [5, 5.41) is 15.7. The van der Waals surface area contributed by atoms with E-state index in [2.05, 4.69) is 25.6 Å². The van der Waals surface area contributed by atoms with Crippen LogP contribution >= 0.6 is 23.1 Å². The van der Waals surface area contributed by atoms with Gasteiger partial charge in [0, 0.05) is 32.2 Å². The summed E-state index contributed by atoms with van der Waals surface area (Å²) >= 11 is 2.77. The Kier molecular flexibility index (Phi) is 7.45. The zero-order valence-electron chi connectivity index (χ0n) is 18.3. The number of nitrogens with zero attached hydrogens (tertiary/aromatic N) is 5. The number of thioether (sulfide) groups is 1. The maximum absolute atomic E-state index is 12.6. The van der Waals surface area contributed by atoms with Gasteiger partial charge >= 0.3 is 0 Å². The topological polar surface area (TPSA) is 114 Å². The van der Waals surface area contributed by atoms with Crippen molar-refractivity contribution in [3.63, 3.8) is 0 Å². The summed E-state index contributed by atoms with van der Waals surface area (Å²) in [4.78, 5) is 28.7. The van der Waals surface area contributed by atoms with Gasteiger partial charge < -0.3 is 24.4 Å². The molecule has 4 rings (SSSR count). The van der Waals surface area contributed by atoms with E-state index in [-0.39, 0.29) is 17.6 Å². The monoisotopic (exact) mass is 488 g/mol. The number of aromatic nitrogens is 3. The van der Waals surface area contributed by atoms with Crippen LogP contribution in [0.25, 0.3) is 0 Å². The number of ether oxygens (including phenoxy) is 1. The minimum absolute atomic E-state index is 0.113. The molecule has 1 aliphatic rings. The highest BCUT2D eigenvalue weighted by Crippen LogP contribution is 2.28. The molecule has 3 aromatic rings. The van der Waals surface area contributed by atoms with Gasteiger partial charge in [-0.2, -0.15) is 0 Å². The lowest BCUT2D eigenvalue weighted by Crippen LogP contribution is -2.49. The average Bonchev–Trinajstić information content (AvgIpc) is 3.47. The number of carbonyl (C=O) groups is 2. The molecule has 0 saturated carbocycles. The Morgan fingerprint density at radius 1 is 1.18 bits per heavy atom. The lowest BCUT2D eigenvalue weighted by Gasteiger charge is -2.34. The number of anilines is 2. The minimum Gasteiger partial charge on any atom is -0.497 e. The minimum atomic E-state index is -0.186. The van der Waals surface area contributed by atoms with Gasteiger partial charge in [-0.25, -0.2) is 0 Å². The zero-order valence-corrected chi connectivity index (χ0v) is 19.9. The van der Waals surface area contributed by atoms with E-state index in [1.54, 1.807) is 20.1 Å². The Bertz CT molecular complexity index is 1090. The van der Waals surface area contributed by atoms with E-state index >= 15 is 0 Å². The van der Waals surface area contributed by atoms with Crippen LogP contribution in [-0.4, -0.2) is 71.1 Å². The number of benzene rings is 1. The predicted octanol–water partition coefficient (Wildman–Crippen LogP) is 2.47. The van der Waals surface area contributed by atoms with E-state index < -0.39 is 0 Å². The van der Waals surface area contributed by atoms with Gasteiger partial charge in [0.25, 0.3) is 0 Å². The van der Waals surface area contributed by atoms with Crippen molar-refractivity contribution in [2.24, 2.45) is 0 Å². The summed E-state index contributed by atoms with van der Waals surface area (Å²) in [7, 11) is 1.62. The van der Waals surface area contributed by atoms with E-state index in [0.717, 1.165) is 20.8 Å². The van der Waals surface area contributed by atoms with Crippen molar-refractivity contribution >= 4 is 45.9 Å². The first-order chi connectivity index (χ1) is 16.0. The molecule has 1 N–H and O–H groups in total. The molecule has 1 aliphatic heterocycles. The van der Waals surface area contributed by atoms with Gasteiger partial charge in [0.05, 0.1) is 19.3 Å². The van der Waals surface area contributed by atoms with E-state index in [9.17, 15) is 9.59 Å². The molecule has 12 heteroatoms. The second-order valence-electron chi connectivity index (χ2n) is 7.40. The molecule has 33 heavy (non-hydrogen) atoms. The van der Waals surface area contributed by atoms with E-state index in [1.807, 2.05) is 29.2 Å². The first-order valence-electron chi connectivity index (χ1n) is 10.4. The lowest BCUT2D eigenvalue weighted by molar-refractivity contribution is -0.130. The number of carbonyl (C=O) groups excluding carboxylic acids is 2. The Balaban J connectivity index is 1.22. The summed E-state index contributed by atoms with van der Waals surface area (Å²) in [6.45, 7) is 4.42. The van der Waals surface area contributed by atoms with Gasteiger partial charge in [0.15, 0.2) is 10.2 Å². The standard InChI is InChI=1S/C21H24N6O4S2/c1-14-11-17(25-31-14)22-18(28)13-32-21-24-23-20(33-21)27-9-7-26(8-10-27)19(29)12-15-3-5-16(30-2)6-4-15/h3-6,11H,7-10,12-13H2,1-2H3,(H,22,25,28). The second-order valence-corrected chi connectivity index (χ2v) is 9.58. The molecule has 3 heterocycles. The lowest BCUT2D eigenvalue weighted by atomic mass is 10.1. The molecule has 10 nitrogen and oxygen atoms in total. The van der Waals surface area contributed by atoms with Crippen LogP contribution in [0.1, 0.15) is 11.3 Å². The molecule has 1 aromatic carbocycles. The van der Waals surface area contributed by atoms with Crippen molar-refractivity contribution in [1.82, 2.24) is 20.3 Å². The molecule has 0 radical (unpaired) electrons. The van der Waals surface area contributed by atoms with Crippen molar-refractivity contribution in [3.8, 4) is 5.75 Å². The molecule has 0 aliphatic carbocycles. The van der Waals surface area contributed by atoms with Gasteiger partial charge in [-0.15, -0.1) is 10.2 Å².